The number of aliphatic hydroxyl groups excluding tert-OH is 1. The lowest BCUT2D eigenvalue weighted by Gasteiger charge is -2.29. The van der Waals surface area contributed by atoms with Gasteiger partial charge in [-0.15, -0.1) is 0 Å². The highest BCUT2D eigenvalue weighted by molar-refractivity contribution is 5.21. The van der Waals surface area contributed by atoms with Crippen molar-refractivity contribution in [2.45, 2.75) is 128 Å². The number of allylic oxidation sites excluding steroid dienone is 4. The predicted octanol–water partition coefficient (Wildman–Crippen LogP) is 7.60. The fraction of sp³-hybridized carbons (Fsp3) is 0.812. The van der Waals surface area contributed by atoms with Gasteiger partial charge in [-0.2, -0.15) is 0 Å². The molecule has 1 saturated carbocycles. The molecule has 2 aliphatic carbocycles. The van der Waals surface area contributed by atoms with Crippen molar-refractivity contribution >= 4 is 0 Å². The Bertz CT molecular complexity index is 704. The van der Waals surface area contributed by atoms with Crippen LogP contribution >= 0.6 is 0 Å². The number of aliphatic hydroxyl groups is 1. The van der Waals surface area contributed by atoms with Crippen molar-refractivity contribution < 1.29 is 24.1 Å². The van der Waals surface area contributed by atoms with Crippen LogP contribution in [0.25, 0.3) is 0 Å². The molecule has 210 valence electrons. The number of hydrogen-bond acceptors (Lipinski definition) is 5. The average molecular weight is 517 g/mol. The summed E-state index contributed by atoms with van der Waals surface area (Å²) in [5.74, 6) is 1.85. The van der Waals surface area contributed by atoms with Crippen molar-refractivity contribution in [2.75, 3.05) is 19.8 Å². The zero-order chi connectivity index (χ0) is 25.5. The molecule has 0 bridgehead atoms. The molecule has 37 heavy (non-hydrogen) atoms. The van der Waals surface area contributed by atoms with Gasteiger partial charge in [0.15, 0.2) is 12.6 Å². The van der Waals surface area contributed by atoms with E-state index >= 15 is 0 Å². The van der Waals surface area contributed by atoms with E-state index in [2.05, 4.69) is 24.3 Å². The maximum absolute atomic E-state index is 9.06. The molecule has 0 aromatic carbocycles. The van der Waals surface area contributed by atoms with E-state index in [1.54, 1.807) is 5.57 Å². The van der Waals surface area contributed by atoms with Gasteiger partial charge in [-0.25, -0.2) is 0 Å². The monoisotopic (exact) mass is 516 g/mol. The summed E-state index contributed by atoms with van der Waals surface area (Å²) < 4.78 is 23.8. The zero-order valence-corrected chi connectivity index (χ0v) is 23.1. The van der Waals surface area contributed by atoms with Crippen molar-refractivity contribution in [3.8, 4) is 0 Å². The van der Waals surface area contributed by atoms with Crippen molar-refractivity contribution in [3.05, 3.63) is 36.1 Å². The molecule has 2 unspecified atom stereocenters. The fourth-order valence-electron chi connectivity index (χ4n) is 6.55. The first kappa shape index (κ1) is 28.9. The first-order valence-corrected chi connectivity index (χ1v) is 15.5. The molecule has 2 heterocycles. The summed E-state index contributed by atoms with van der Waals surface area (Å²) >= 11 is 0. The van der Waals surface area contributed by atoms with Gasteiger partial charge in [-0.1, -0.05) is 36.6 Å². The number of unbranched alkanes of at least 4 members (excludes halogenated alkanes) is 6. The lowest BCUT2D eigenvalue weighted by molar-refractivity contribution is -0.192. The smallest absolute Gasteiger partial charge is 0.198 e. The summed E-state index contributed by atoms with van der Waals surface area (Å²) in [6, 6.07) is 0. The van der Waals surface area contributed by atoms with Gasteiger partial charge in [-0.05, 0) is 108 Å². The van der Waals surface area contributed by atoms with Crippen molar-refractivity contribution in [1.29, 1.82) is 0 Å². The Hall–Kier alpha value is -1.14. The second-order valence-electron chi connectivity index (χ2n) is 11.5. The van der Waals surface area contributed by atoms with Crippen LogP contribution in [0.2, 0.25) is 0 Å². The SMILES string of the molecule is OCCCCCC1=C[C@@H]2C[C@@H](OC3CCCCO3)[C@H](C=CCCCCCC=COC3CCCCO3)[C@@H]2C1. The lowest BCUT2D eigenvalue weighted by atomic mass is 9.88. The largest absolute Gasteiger partial charge is 0.473 e. The Labute approximate surface area is 225 Å². The summed E-state index contributed by atoms with van der Waals surface area (Å²) in [5, 5.41) is 9.06. The van der Waals surface area contributed by atoms with Gasteiger partial charge in [0, 0.05) is 25.6 Å². The number of fused-ring (bicyclic) bond motifs is 1. The van der Waals surface area contributed by atoms with E-state index in [4.69, 9.17) is 24.1 Å². The third-order valence-electron chi connectivity index (χ3n) is 8.61. The maximum atomic E-state index is 9.06. The summed E-state index contributed by atoms with van der Waals surface area (Å²) in [6.07, 6.45) is 31.3. The number of hydrogen-bond donors (Lipinski definition) is 1. The van der Waals surface area contributed by atoms with Crippen molar-refractivity contribution in [3.63, 3.8) is 0 Å². The van der Waals surface area contributed by atoms with Crippen LogP contribution in [0, 0.1) is 17.8 Å². The highest BCUT2D eigenvalue weighted by atomic mass is 16.7. The third kappa shape index (κ3) is 9.84. The molecule has 0 amide bonds. The molecule has 4 rings (SSSR count). The fourth-order valence-corrected chi connectivity index (χ4v) is 6.55. The molecule has 1 N–H and O–H groups in total. The Balaban J connectivity index is 1.17. The molecule has 0 aromatic rings. The standard InChI is InChI=1S/C32H52O5/c33-19-11-6-7-15-26-23-27-25-30(37-32-18-10-14-22-36-32)28(29(27)24-26)16-8-4-2-1-3-5-12-20-34-31-17-9-13-21-35-31/h8,12,16,20,23,27-33H,1-7,9-11,13-15,17-19,21-22,24-25H2/t27-,28-,29-,30-,31?,32?/m1/s1. The van der Waals surface area contributed by atoms with Crippen LogP contribution in [0.5, 0.6) is 0 Å². The first-order valence-electron chi connectivity index (χ1n) is 15.5. The first-order chi connectivity index (χ1) is 18.3. The Morgan fingerprint density at radius 3 is 2.38 bits per heavy atom. The van der Waals surface area contributed by atoms with E-state index in [-0.39, 0.29) is 12.6 Å². The maximum Gasteiger partial charge on any atom is 0.198 e. The van der Waals surface area contributed by atoms with Gasteiger partial charge in [0.05, 0.1) is 19.0 Å². The van der Waals surface area contributed by atoms with Gasteiger partial charge >= 0.3 is 0 Å². The molecule has 0 spiro atoms. The number of rotatable bonds is 16. The lowest BCUT2D eigenvalue weighted by Crippen LogP contribution is -2.30. The summed E-state index contributed by atoms with van der Waals surface area (Å²) in [6.45, 7) is 2.00. The predicted molar refractivity (Wildman–Crippen MR) is 148 cm³/mol. The molecule has 0 aromatic heterocycles. The van der Waals surface area contributed by atoms with Crippen LogP contribution in [-0.4, -0.2) is 43.6 Å². The molecule has 6 atom stereocenters. The average Bonchev–Trinajstić information content (AvgIpc) is 3.46. The molecule has 5 nitrogen and oxygen atoms in total. The van der Waals surface area contributed by atoms with Crippen LogP contribution in [0.15, 0.2) is 36.1 Å². The zero-order valence-electron chi connectivity index (χ0n) is 23.1. The van der Waals surface area contributed by atoms with E-state index in [9.17, 15) is 0 Å². The summed E-state index contributed by atoms with van der Waals surface area (Å²) in [7, 11) is 0. The molecule has 4 aliphatic rings. The summed E-state index contributed by atoms with van der Waals surface area (Å²) in [5.41, 5.74) is 1.64. The minimum atomic E-state index is -0.0276. The summed E-state index contributed by atoms with van der Waals surface area (Å²) in [4.78, 5) is 0. The highest BCUT2D eigenvalue weighted by Gasteiger charge is 2.45. The molecule has 2 aliphatic heterocycles. The molecular weight excluding hydrogens is 464 g/mol. The van der Waals surface area contributed by atoms with Gasteiger partial charge in [0.2, 0.25) is 0 Å². The van der Waals surface area contributed by atoms with E-state index < -0.39 is 0 Å². The van der Waals surface area contributed by atoms with Crippen LogP contribution in [0.1, 0.15) is 109 Å². The third-order valence-corrected chi connectivity index (χ3v) is 8.61. The highest BCUT2D eigenvalue weighted by Crippen LogP contribution is 2.49. The van der Waals surface area contributed by atoms with E-state index in [1.165, 1.54) is 57.8 Å². The van der Waals surface area contributed by atoms with Crippen LogP contribution in [0.3, 0.4) is 0 Å². The van der Waals surface area contributed by atoms with Crippen molar-refractivity contribution in [1.82, 2.24) is 0 Å². The Morgan fingerprint density at radius 2 is 1.62 bits per heavy atom. The van der Waals surface area contributed by atoms with Crippen LogP contribution < -0.4 is 0 Å². The van der Waals surface area contributed by atoms with Crippen LogP contribution in [0.4, 0.5) is 0 Å². The minimum Gasteiger partial charge on any atom is -0.473 e. The molecule has 3 fully saturated rings. The van der Waals surface area contributed by atoms with Crippen LogP contribution in [-0.2, 0) is 18.9 Å². The van der Waals surface area contributed by atoms with Gasteiger partial charge < -0.3 is 24.1 Å². The van der Waals surface area contributed by atoms with Crippen molar-refractivity contribution in [2.24, 2.45) is 17.8 Å². The Kier molecular flexibility index (Phi) is 13.1. The molecular formula is C32H52O5. The topological polar surface area (TPSA) is 57.2 Å². The molecule has 2 saturated heterocycles. The Morgan fingerprint density at radius 1 is 0.865 bits per heavy atom. The van der Waals surface area contributed by atoms with Gasteiger partial charge in [0.1, 0.15) is 0 Å². The second-order valence-corrected chi connectivity index (χ2v) is 11.5. The number of ether oxygens (including phenoxy) is 4. The van der Waals surface area contributed by atoms with E-state index in [0.29, 0.717) is 30.5 Å². The quantitative estimate of drug-likeness (QED) is 0.130. The molecule has 0 radical (unpaired) electrons. The van der Waals surface area contributed by atoms with Gasteiger partial charge in [0.25, 0.3) is 0 Å². The van der Waals surface area contributed by atoms with Gasteiger partial charge in [-0.3, -0.25) is 0 Å². The minimum absolute atomic E-state index is 0.00267. The second kappa shape index (κ2) is 16.7. The molecule has 5 heteroatoms. The normalized spacial score (nSPS) is 32.3. The van der Waals surface area contributed by atoms with E-state index in [0.717, 1.165) is 64.6 Å². The van der Waals surface area contributed by atoms with E-state index in [1.807, 2.05) is 6.26 Å².